The largest absolute Gasteiger partial charge is 0.493 e. The van der Waals surface area contributed by atoms with Crippen molar-refractivity contribution < 1.29 is 27.4 Å². The first-order valence-corrected chi connectivity index (χ1v) is 10.8. The van der Waals surface area contributed by atoms with Crippen molar-refractivity contribution in [3.63, 3.8) is 0 Å². The molecule has 0 unspecified atom stereocenters. The summed E-state index contributed by atoms with van der Waals surface area (Å²) in [6.07, 6.45) is -4.92. The van der Waals surface area contributed by atoms with Gasteiger partial charge in [0.2, 0.25) is 0 Å². The Morgan fingerprint density at radius 3 is 2.47 bits per heavy atom. The third kappa shape index (κ3) is 4.74. The number of nitrogens with one attached hydrogen (secondary N) is 2. The van der Waals surface area contributed by atoms with Crippen molar-refractivity contribution in [2.24, 2.45) is 0 Å². The minimum atomic E-state index is -4.59. The SMILES string of the molecule is COc1ccc([C@H]2C[C@H](C(F)(F)F)n3nc(C(=O)Nc4ccc(Cl)c(Cl)c4)cc3N2)cc1OC. The van der Waals surface area contributed by atoms with Crippen LogP contribution in [0.25, 0.3) is 0 Å². The van der Waals surface area contributed by atoms with E-state index in [-0.39, 0.29) is 23.0 Å². The summed E-state index contributed by atoms with van der Waals surface area (Å²) in [4.78, 5) is 12.7. The number of rotatable bonds is 5. The van der Waals surface area contributed by atoms with E-state index >= 15 is 0 Å². The molecule has 2 N–H and O–H groups in total. The molecule has 0 spiro atoms. The lowest BCUT2D eigenvalue weighted by Gasteiger charge is -2.33. The molecule has 2 atom stereocenters. The highest BCUT2D eigenvalue weighted by Crippen LogP contribution is 2.44. The molecule has 2 aromatic carbocycles. The Balaban J connectivity index is 1.64. The summed E-state index contributed by atoms with van der Waals surface area (Å²) in [6, 6.07) is 7.98. The zero-order valence-electron chi connectivity index (χ0n) is 17.9. The summed E-state index contributed by atoms with van der Waals surface area (Å²) in [5.41, 5.74) is 0.714. The van der Waals surface area contributed by atoms with Gasteiger partial charge in [-0.25, -0.2) is 4.68 Å². The number of halogens is 5. The Hall–Kier alpha value is -3.11. The number of aromatic nitrogens is 2. The highest BCUT2D eigenvalue weighted by molar-refractivity contribution is 6.42. The fraction of sp³-hybridized carbons (Fsp3) is 0.273. The van der Waals surface area contributed by atoms with Crippen molar-refractivity contribution in [1.29, 1.82) is 0 Å². The van der Waals surface area contributed by atoms with Crippen LogP contribution in [0.1, 0.15) is 34.6 Å². The van der Waals surface area contributed by atoms with Gasteiger partial charge in [-0.2, -0.15) is 18.3 Å². The number of carbonyl (C=O) groups excluding carboxylic acids is 1. The van der Waals surface area contributed by atoms with Crippen LogP contribution in [0.3, 0.4) is 0 Å². The molecule has 1 amide bonds. The number of methoxy groups -OCH3 is 2. The van der Waals surface area contributed by atoms with E-state index in [4.69, 9.17) is 32.7 Å². The number of hydrogen-bond acceptors (Lipinski definition) is 5. The Morgan fingerprint density at radius 1 is 1.09 bits per heavy atom. The molecule has 0 saturated heterocycles. The summed E-state index contributed by atoms with van der Waals surface area (Å²) in [6.45, 7) is 0. The van der Waals surface area contributed by atoms with Crippen LogP contribution in [0.5, 0.6) is 11.5 Å². The number of fused-ring (bicyclic) bond motifs is 1. The van der Waals surface area contributed by atoms with Crippen LogP contribution >= 0.6 is 23.2 Å². The van der Waals surface area contributed by atoms with Gasteiger partial charge in [-0.05, 0) is 35.9 Å². The minimum Gasteiger partial charge on any atom is -0.493 e. The Labute approximate surface area is 202 Å². The molecule has 1 aliphatic rings. The highest BCUT2D eigenvalue weighted by Gasteiger charge is 2.47. The molecule has 0 saturated carbocycles. The Bertz CT molecular complexity index is 1230. The smallest absolute Gasteiger partial charge is 0.410 e. The van der Waals surface area contributed by atoms with Crippen LogP contribution in [0.4, 0.5) is 24.7 Å². The van der Waals surface area contributed by atoms with Gasteiger partial charge in [0.25, 0.3) is 5.91 Å². The van der Waals surface area contributed by atoms with Gasteiger partial charge in [0.05, 0.1) is 30.3 Å². The molecule has 0 bridgehead atoms. The van der Waals surface area contributed by atoms with Gasteiger partial charge in [-0.1, -0.05) is 29.3 Å². The number of anilines is 2. The van der Waals surface area contributed by atoms with Crippen molar-refractivity contribution in [3.8, 4) is 11.5 Å². The zero-order chi connectivity index (χ0) is 24.6. The topological polar surface area (TPSA) is 77.4 Å². The first kappa shape index (κ1) is 24.0. The number of carbonyl (C=O) groups is 1. The van der Waals surface area contributed by atoms with Crippen LogP contribution in [0, 0.1) is 0 Å². The fourth-order valence-electron chi connectivity index (χ4n) is 3.74. The van der Waals surface area contributed by atoms with Crippen LogP contribution in [0.2, 0.25) is 10.0 Å². The van der Waals surface area contributed by atoms with E-state index in [1.54, 1.807) is 18.2 Å². The van der Waals surface area contributed by atoms with Gasteiger partial charge in [-0.3, -0.25) is 4.79 Å². The fourth-order valence-corrected chi connectivity index (χ4v) is 4.04. The predicted molar refractivity (Wildman–Crippen MR) is 122 cm³/mol. The van der Waals surface area contributed by atoms with E-state index in [9.17, 15) is 18.0 Å². The Morgan fingerprint density at radius 2 is 1.82 bits per heavy atom. The molecule has 3 aromatic rings. The van der Waals surface area contributed by atoms with E-state index < -0.39 is 24.2 Å². The van der Waals surface area contributed by atoms with E-state index in [1.165, 1.54) is 38.5 Å². The minimum absolute atomic E-state index is 0.0626. The monoisotopic (exact) mass is 514 g/mol. The van der Waals surface area contributed by atoms with Crippen LogP contribution in [-0.4, -0.2) is 36.1 Å². The summed E-state index contributed by atoms with van der Waals surface area (Å²) < 4.78 is 53.1. The molecule has 34 heavy (non-hydrogen) atoms. The van der Waals surface area contributed by atoms with Crippen LogP contribution in [-0.2, 0) is 0 Å². The van der Waals surface area contributed by atoms with Crippen molar-refractivity contribution in [2.45, 2.75) is 24.7 Å². The number of ether oxygens (including phenoxy) is 2. The maximum Gasteiger partial charge on any atom is 0.410 e. The van der Waals surface area contributed by atoms with Crippen LogP contribution in [0.15, 0.2) is 42.5 Å². The number of nitrogens with zero attached hydrogens (tertiary/aromatic N) is 2. The maximum atomic E-state index is 14.0. The van der Waals surface area contributed by atoms with E-state index in [0.717, 1.165) is 4.68 Å². The highest BCUT2D eigenvalue weighted by atomic mass is 35.5. The van der Waals surface area contributed by atoms with Gasteiger partial charge in [0, 0.05) is 18.2 Å². The lowest BCUT2D eigenvalue weighted by Crippen LogP contribution is -2.35. The first-order valence-electron chi connectivity index (χ1n) is 10.0. The molecule has 1 aromatic heterocycles. The molecule has 0 fully saturated rings. The van der Waals surface area contributed by atoms with Crippen molar-refractivity contribution >= 4 is 40.6 Å². The summed E-state index contributed by atoms with van der Waals surface area (Å²) in [7, 11) is 2.92. The van der Waals surface area contributed by atoms with Gasteiger partial charge in [-0.15, -0.1) is 0 Å². The summed E-state index contributed by atoms with van der Waals surface area (Å²) >= 11 is 11.8. The van der Waals surface area contributed by atoms with E-state index in [0.29, 0.717) is 27.8 Å². The quantitative estimate of drug-likeness (QED) is 0.428. The normalized spacial score (nSPS) is 17.5. The third-order valence-corrected chi connectivity index (χ3v) is 6.15. The van der Waals surface area contributed by atoms with Gasteiger partial charge in [0.1, 0.15) is 5.82 Å². The lowest BCUT2D eigenvalue weighted by molar-refractivity contribution is -0.173. The molecule has 2 heterocycles. The number of hydrogen-bond donors (Lipinski definition) is 2. The third-order valence-electron chi connectivity index (χ3n) is 5.41. The predicted octanol–water partition coefficient (Wildman–Crippen LogP) is 6.12. The second-order valence-electron chi connectivity index (χ2n) is 7.55. The van der Waals surface area contributed by atoms with Gasteiger partial charge < -0.3 is 20.1 Å². The lowest BCUT2D eigenvalue weighted by atomic mass is 9.96. The first-order chi connectivity index (χ1) is 16.1. The van der Waals surface area contributed by atoms with Crippen LogP contribution < -0.4 is 20.1 Å². The number of benzene rings is 2. The molecule has 0 radical (unpaired) electrons. The number of alkyl halides is 3. The molecule has 7 nitrogen and oxygen atoms in total. The second-order valence-corrected chi connectivity index (χ2v) is 8.36. The zero-order valence-corrected chi connectivity index (χ0v) is 19.4. The van der Waals surface area contributed by atoms with E-state index in [2.05, 4.69) is 15.7 Å². The second kappa shape index (κ2) is 9.27. The molecular formula is C22H19Cl2F3N4O3. The molecule has 1 aliphatic heterocycles. The molecule has 180 valence electrons. The standard InChI is InChI=1S/C22H19Cl2F3N4O3/c1-33-17-6-3-11(7-18(17)34-2)15-9-19(22(25,26)27)31-20(29-15)10-16(30-31)21(32)28-12-4-5-13(23)14(24)8-12/h3-8,10,15,19,29H,9H2,1-2H3,(H,28,32)/t15-,19-/m1/s1. The number of amides is 1. The average molecular weight is 515 g/mol. The molecule has 4 rings (SSSR count). The van der Waals surface area contributed by atoms with Gasteiger partial charge in [0.15, 0.2) is 23.2 Å². The van der Waals surface area contributed by atoms with Gasteiger partial charge >= 0.3 is 6.18 Å². The summed E-state index contributed by atoms with van der Waals surface area (Å²) in [5.74, 6) is 0.227. The molecular weight excluding hydrogens is 496 g/mol. The van der Waals surface area contributed by atoms with Crippen molar-refractivity contribution in [1.82, 2.24) is 9.78 Å². The summed E-state index contributed by atoms with van der Waals surface area (Å²) in [5, 5.41) is 10.1. The van der Waals surface area contributed by atoms with E-state index in [1.807, 2.05) is 0 Å². The molecule has 12 heteroatoms. The average Bonchev–Trinajstić information content (AvgIpc) is 3.24. The molecule has 0 aliphatic carbocycles. The van der Waals surface area contributed by atoms with Crippen molar-refractivity contribution in [3.05, 3.63) is 63.8 Å². The maximum absolute atomic E-state index is 14.0. The van der Waals surface area contributed by atoms with Crippen molar-refractivity contribution in [2.75, 3.05) is 24.9 Å². The Kier molecular flexibility index (Phi) is 6.55.